The van der Waals surface area contributed by atoms with E-state index in [0.29, 0.717) is 15.9 Å². The Labute approximate surface area is 137 Å². The molecule has 2 nitrogen and oxygen atoms in total. The third-order valence-electron chi connectivity index (χ3n) is 3.37. The van der Waals surface area contributed by atoms with E-state index >= 15 is 0 Å². The number of methoxy groups -OCH3 is 1. The summed E-state index contributed by atoms with van der Waals surface area (Å²) in [6, 6.07) is 10.5. The monoisotopic (exact) mass is 371 g/mol. The van der Waals surface area contributed by atoms with Gasteiger partial charge in [-0.25, -0.2) is 4.39 Å². The molecule has 5 heteroatoms. The second-order valence-corrected chi connectivity index (χ2v) is 5.87. The van der Waals surface area contributed by atoms with E-state index in [1.54, 1.807) is 19.2 Å². The van der Waals surface area contributed by atoms with E-state index < -0.39 is 0 Å². The van der Waals surface area contributed by atoms with Gasteiger partial charge >= 0.3 is 0 Å². The van der Waals surface area contributed by atoms with Gasteiger partial charge in [-0.15, -0.1) is 0 Å². The highest BCUT2D eigenvalue weighted by Crippen LogP contribution is 2.31. The number of nitrogens with one attached hydrogen (secondary N) is 1. The van der Waals surface area contributed by atoms with Crippen molar-refractivity contribution in [2.75, 3.05) is 14.2 Å². The lowest BCUT2D eigenvalue weighted by Gasteiger charge is -2.20. The second kappa shape index (κ2) is 7.25. The summed E-state index contributed by atoms with van der Waals surface area (Å²) in [6.45, 7) is 0. The predicted molar refractivity (Wildman–Crippen MR) is 87.6 cm³/mol. The minimum Gasteiger partial charge on any atom is -0.496 e. The Hall–Kier alpha value is -1.10. The lowest BCUT2D eigenvalue weighted by atomic mass is 9.98. The van der Waals surface area contributed by atoms with E-state index in [0.717, 1.165) is 16.9 Å². The molecule has 0 bridgehead atoms. The van der Waals surface area contributed by atoms with Crippen LogP contribution < -0.4 is 10.1 Å². The molecule has 0 spiro atoms. The summed E-state index contributed by atoms with van der Waals surface area (Å²) in [5.74, 6) is 0.498. The third kappa shape index (κ3) is 3.76. The highest BCUT2D eigenvalue weighted by atomic mass is 79.9. The van der Waals surface area contributed by atoms with Crippen molar-refractivity contribution in [2.45, 2.75) is 12.5 Å². The molecule has 0 amide bonds. The molecule has 21 heavy (non-hydrogen) atoms. The molecule has 2 aromatic carbocycles. The van der Waals surface area contributed by atoms with Gasteiger partial charge in [0, 0.05) is 11.1 Å². The van der Waals surface area contributed by atoms with E-state index in [2.05, 4.69) is 21.2 Å². The average Bonchev–Trinajstić information content (AvgIpc) is 2.48. The molecule has 0 aliphatic carbocycles. The van der Waals surface area contributed by atoms with Crippen LogP contribution >= 0.6 is 27.5 Å². The Morgan fingerprint density at radius 1 is 1.33 bits per heavy atom. The van der Waals surface area contributed by atoms with Crippen molar-refractivity contribution < 1.29 is 9.13 Å². The Bertz CT molecular complexity index is 636. The number of rotatable bonds is 5. The number of hydrogen-bond acceptors (Lipinski definition) is 2. The van der Waals surface area contributed by atoms with Crippen LogP contribution in [0.4, 0.5) is 4.39 Å². The number of halogens is 3. The average molecular weight is 373 g/mol. The molecular weight excluding hydrogens is 357 g/mol. The third-order valence-corrected chi connectivity index (χ3v) is 4.44. The maximum absolute atomic E-state index is 13.7. The summed E-state index contributed by atoms with van der Waals surface area (Å²) in [5, 5.41) is 3.86. The van der Waals surface area contributed by atoms with Crippen LogP contribution in [0.3, 0.4) is 0 Å². The van der Waals surface area contributed by atoms with Crippen LogP contribution in [0.15, 0.2) is 40.9 Å². The first-order valence-electron chi connectivity index (χ1n) is 6.50. The van der Waals surface area contributed by atoms with Crippen molar-refractivity contribution in [3.05, 3.63) is 62.8 Å². The Morgan fingerprint density at radius 3 is 2.76 bits per heavy atom. The first-order chi connectivity index (χ1) is 10.1. The predicted octanol–water partition coefficient (Wildman–Crippen LogP) is 4.75. The van der Waals surface area contributed by atoms with Crippen LogP contribution in [-0.2, 0) is 6.42 Å². The smallest absolute Gasteiger partial charge is 0.137 e. The van der Waals surface area contributed by atoms with Gasteiger partial charge in [-0.05, 0) is 64.8 Å². The van der Waals surface area contributed by atoms with Gasteiger partial charge in [0.25, 0.3) is 0 Å². The molecule has 0 radical (unpaired) electrons. The van der Waals surface area contributed by atoms with Gasteiger partial charge in [0.05, 0.1) is 11.6 Å². The van der Waals surface area contributed by atoms with Gasteiger partial charge in [0.2, 0.25) is 0 Å². The SMILES string of the molecule is CNC(Cc1cc(Cl)ccc1OC)c1cccc(F)c1Br. The molecule has 0 fully saturated rings. The summed E-state index contributed by atoms with van der Waals surface area (Å²) >= 11 is 9.37. The van der Waals surface area contributed by atoms with Crippen molar-refractivity contribution in [2.24, 2.45) is 0 Å². The fraction of sp³-hybridized carbons (Fsp3) is 0.250. The van der Waals surface area contributed by atoms with E-state index in [1.807, 2.05) is 25.2 Å². The Kier molecular flexibility index (Phi) is 5.62. The summed E-state index contributed by atoms with van der Waals surface area (Å²) < 4.78 is 19.5. The van der Waals surface area contributed by atoms with Crippen LogP contribution in [0.1, 0.15) is 17.2 Å². The number of ether oxygens (including phenoxy) is 1. The summed E-state index contributed by atoms with van der Waals surface area (Å²) in [5.41, 5.74) is 1.83. The quantitative estimate of drug-likeness (QED) is 0.817. The topological polar surface area (TPSA) is 21.3 Å². The fourth-order valence-corrected chi connectivity index (χ4v) is 3.02. The molecule has 0 saturated heterocycles. The molecular formula is C16H16BrClFNO. The van der Waals surface area contributed by atoms with Gasteiger partial charge in [-0.1, -0.05) is 23.7 Å². The Balaban J connectivity index is 2.35. The van der Waals surface area contributed by atoms with Gasteiger partial charge in [-0.3, -0.25) is 0 Å². The van der Waals surface area contributed by atoms with Gasteiger partial charge < -0.3 is 10.1 Å². The number of benzene rings is 2. The molecule has 1 N–H and O–H groups in total. The molecule has 2 aromatic rings. The lowest BCUT2D eigenvalue weighted by molar-refractivity contribution is 0.406. The van der Waals surface area contributed by atoms with E-state index in [9.17, 15) is 4.39 Å². The zero-order chi connectivity index (χ0) is 15.4. The van der Waals surface area contributed by atoms with E-state index in [1.165, 1.54) is 6.07 Å². The molecule has 0 aliphatic rings. The van der Waals surface area contributed by atoms with Crippen LogP contribution in [0.5, 0.6) is 5.75 Å². The van der Waals surface area contributed by atoms with Gasteiger partial charge in [-0.2, -0.15) is 0 Å². The largest absolute Gasteiger partial charge is 0.496 e. The van der Waals surface area contributed by atoms with Crippen molar-refractivity contribution >= 4 is 27.5 Å². The minimum absolute atomic E-state index is 0.0533. The zero-order valence-electron chi connectivity index (χ0n) is 11.8. The molecule has 0 aromatic heterocycles. The molecule has 1 unspecified atom stereocenters. The molecule has 0 aliphatic heterocycles. The summed E-state index contributed by atoms with van der Waals surface area (Å²) in [7, 11) is 3.47. The highest BCUT2D eigenvalue weighted by Gasteiger charge is 2.17. The van der Waals surface area contributed by atoms with E-state index in [4.69, 9.17) is 16.3 Å². The first-order valence-corrected chi connectivity index (χ1v) is 7.67. The summed E-state index contributed by atoms with van der Waals surface area (Å²) in [6.07, 6.45) is 0.641. The van der Waals surface area contributed by atoms with Crippen LogP contribution in [0.2, 0.25) is 5.02 Å². The first kappa shape index (κ1) is 16.3. The van der Waals surface area contributed by atoms with Crippen LogP contribution in [-0.4, -0.2) is 14.2 Å². The molecule has 2 rings (SSSR count). The highest BCUT2D eigenvalue weighted by molar-refractivity contribution is 9.10. The maximum atomic E-state index is 13.7. The van der Waals surface area contributed by atoms with E-state index in [-0.39, 0.29) is 11.9 Å². The minimum atomic E-state index is -0.272. The number of likely N-dealkylation sites (N-methyl/N-ethyl adjacent to an activating group) is 1. The second-order valence-electron chi connectivity index (χ2n) is 4.64. The van der Waals surface area contributed by atoms with Crippen molar-refractivity contribution in [1.29, 1.82) is 0 Å². The molecule has 1 atom stereocenters. The molecule has 0 saturated carbocycles. The zero-order valence-corrected chi connectivity index (χ0v) is 14.1. The normalized spacial score (nSPS) is 12.2. The standard InChI is InChI=1S/C16H16BrClFNO/c1-20-14(12-4-3-5-13(19)16(12)17)9-10-8-11(18)6-7-15(10)21-2/h3-8,14,20H,9H2,1-2H3. The summed E-state index contributed by atoms with van der Waals surface area (Å²) in [4.78, 5) is 0. The van der Waals surface area contributed by atoms with Crippen LogP contribution in [0, 0.1) is 5.82 Å². The maximum Gasteiger partial charge on any atom is 0.137 e. The van der Waals surface area contributed by atoms with Crippen molar-refractivity contribution in [1.82, 2.24) is 5.32 Å². The number of hydrogen-bond donors (Lipinski definition) is 1. The fourth-order valence-electron chi connectivity index (χ4n) is 2.28. The lowest BCUT2D eigenvalue weighted by Crippen LogP contribution is -2.20. The van der Waals surface area contributed by atoms with Gasteiger partial charge in [0.15, 0.2) is 0 Å². The molecule has 0 heterocycles. The Morgan fingerprint density at radius 2 is 2.10 bits per heavy atom. The van der Waals surface area contributed by atoms with Crippen molar-refractivity contribution in [3.63, 3.8) is 0 Å². The van der Waals surface area contributed by atoms with Gasteiger partial charge in [0.1, 0.15) is 11.6 Å². The van der Waals surface area contributed by atoms with Crippen LogP contribution in [0.25, 0.3) is 0 Å². The van der Waals surface area contributed by atoms with Crippen molar-refractivity contribution in [3.8, 4) is 5.75 Å². The molecule has 112 valence electrons.